The van der Waals surface area contributed by atoms with E-state index in [0.717, 1.165) is 89.9 Å². The number of hydrogen-bond acceptors (Lipinski definition) is 7. The van der Waals surface area contributed by atoms with Crippen molar-refractivity contribution in [1.82, 2.24) is 39.7 Å². The van der Waals surface area contributed by atoms with Crippen molar-refractivity contribution in [3.63, 3.8) is 0 Å². The lowest BCUT2D eigenvalue weighted by Gasteiger charge is -2.30. The number of nitrogens with zero attached hydrogens (tertiary/aromatic N) is 7. The molecule has 0 spiro atoms. The molecule has 0 saturated carbocycles. The molecule has 0 amide bonds. The number of fused-ring (bicyclic) bond motifs is 3. The van der Waals surface area contributed by atoms with Crippen molar-refractivity contribution in [2.75, 3.05) is 13.1 Å². The van der Waals surface area contributed by atoms with Gasteiger partial charge in [-0.05, 0) is 68.6 Å². The van der Waals surface area contributed by atoms with Gasteiger partial charge in [-0.25, -0.2) is 15.0 Å². The number of rotatable bonds is 8. The summed E-state index contributed by atoms with van der Waals surface area (Å²) in [6.07, 6.45) is 13.7. The van der Waals surface area contributed by atoms with E-state index in [9.17, 15) is 0 Å². The lowest BCUT2D eigenvalue weighted by atomic mass is 9.88. The summed E-state index contributed by atoms with van der Waals surface area (Å²) < 4.78 is 7.69. The molecular weight excluding hydrogens is 572 g/mol. The highest BCUT2D eigenvalue weighted by Gasteiger charge is 2.24. The van der Waals surface area contributed by atoms with Crippen molar-refractivity contribution in [2.45, 2.75) is 51.2 Å². The van der Waals surface area contributed by atoms with E-state index in [1.807, 2.05) is 54.0 Å². The predicted octanol–water partition coefficient (Wildman–Crippen LogP) is 6.93. The van der Waals surface area contributed by atoms with Gasteiger partial charge in [0, 0.05) is 41.6 Å². The van der Waals surface area contributed by atoms with E-state index in [1.54, 1.807) is 0 Å². The molecule has 2 aromatic carbocycles. The third-order valence-corrected chi connectivity index (χ3v) is 9.04. The topological polar surface area (TPSA) is 97.1 Å². The minimum atomic E-state index is 0.268. The van der Waals surface area contributed by atoms with Crippen LogP contribution in [0.3, 0.4) is 0 Å². The Kier molecular flexibility index (Phi) is 7.59. The molecule has 0 bridgehead atoms. The molecule has 4 aromatic heterocycles. The molecule has 1 atom stereocenters. The molecule has 9 heteroatoms. The second kappa shape index (κ2) is 12.3. The molecule has 8 rings (SSSR count). The number of aromatic nitrogens is 7. The van der Waals surface area contributed by atoms with E-state index < -0.39 is 0 Å². The van der Waals surface area contributed by atoms with Gasteiger partial charge in [-0.3, -0.25) is 10.00 Å². The third-order valence-electron chi connectivity index (χ3n) is 9.04. The zero-order valence-corrected chi connectivity index (χ0v) is 25.9. The zero-order valence-electron chi connectivity index (χ0n) is 25.9. The molecule has 1 aliphatic carbocycles. The summed E-state index contributed by atoms with van der Waals surface area (Å²) in [5.74, 6) is 3.13. The average molecular weight is 609 g/mol. The lowest BCUT2D eigenvalue weighted by molar-refractivity contribution is 0.201. The Balaban J connectivity index is 0.956. The van der Waals surface area contributed by atoms with Crippen LogP contribution in [0.4, 0.5) is 0 Å². The van der Waals surface area contributed by atoms with Crippen molar-refractivity contribution in [3.05, 3.63) is 126 Å². The Bertz CT molecular complexity index is 2040. The van der Waals surface area contributed by atoms with Crippen LogP contribution in [0.5, 0.6) is 5.75 Å². The summed E-state index contributed by atoms with van der Waals surface area (Å²) >= 11 is 0. The molecule has 1 fully saturated rings. The molecule has 0 radical (unpaired) electrons. The zero-order chi connectivity index (χ0) is 30.9. The lowest BCUT2D eigenvalue weighted by Crippen LogP contribution is -2.32. The molecule has 46 heavy (non-hydrogen) atoms. The normalized spacial score (nSPS) is 17.3. The SMILES string of the molecule is Cc1cc2ncc3cc(C4C=CC=CC4)c(-c4ccc(CN5CCC(c6n[nH]c(COc7ccccc7)n6)CC5)cc4)nc3n2n1. The maximum absolute atomic E-state index is 5.83. The fraction of sp³-hybridized carbons (Fsp3) is 0.270. The third kappa shape index (κ3) is 5.81. The Labute approximate surface area is 267 Å². The molecule has 1 unspecified atom stereocenters. The monoisotopic (exact) mass is 608 g/mol. The molecule has 1 saturated heterocycles. The first kappa shape index (κ1) is 28.3. The fourth-order valence-corrected chi connectivity index (χ4v) is 6.60. The molecule has 1 aliphatic heterocycles. The Morgan fingerprint density at radius 1 is 0.957 bits per heavy atom. The van der Waals surface area contributed by atoms with Gasteiger partial charge < -0.3 is 4.74 Å². The summed E-state index contributed by atoms with van der Waals surface area (Å²) in [4.78, 5) is 17.1. The van der Waals surface area contributed by atoms with Gasteiger partial charge in [0.1, 0.15) is 12.4 Å². The molecule has 9 nitrogen and oxygen atoms in total. The number of piperidine rings is 1. The average Bonchev–Trinajstić information content (AvgIpc) is 3.75. The van der Waals surface area contributed by atoms with Crippen LogP contribution in [-0.2, 0) is 13.2 Å². The van der Waals surface area contributed by atoms with E-state index >= 15 is 0 Å². The van der Waals surface area contributed by atoms with Crippen molar-refractivity contribution >= 4 is 16.7 Å². The van der Waals surface area contributed by atoms with E-state index in [2.05, 4.69) is 79.8 Å². The number of nitrogens with one attached hydrogen (secondary N) is 1. The fourth-order valence-electron chi connectivity index (χ4n) is 6.60. The first-order chi connectivity index (χ1) is 22.7. The van der Waals surface area contributed by atoms with Crippen molar-refractivity contribution < 1.29 is 4.74 Å². The number of ether oxygens (including phenoxy) is 1. The van der Waals surface area contributed by atoms with Crippen LogP contribution >= 0.6 is 0 Å². The van der Waals surface area contributed by atoms with Crippen LogP contribution in [0.25, 0.3) is 27.9 Å². The van der Waals surface area contributed by atoms with E-state index in [1.165, 1.54) is 11.1 Å². The van der Waals surface area contributed by atoms with Gasteiger partial charge in [0.25, 0.3) is 0 Å². The quantitative estimate of drug-likeness (QED) is 0.200. The molecule has 5 heterocycles. The van der Waals surface area contributed by atoms with Crippen molar-refractivity contribution in [3.8, 4) is 17.0 Å². The minimum Gasteiger partial charge on any atom is -0.486 e. The number of H-pyrrole nitrogens is 1. The van der Waals surface area contributed by atoms with Gasteiger partial charge in [0.15, 0.2) is 22.9 Å². The number of benzene rings is 2. The second-order valence-corrected chi connectivity index (χ2v) is 12.3. The van der Waals surface area contributed by atoms with Crippen LogP contribution in [0.15, 0.2) is 97.2 Å². The van der Waals surface area contributed by atoms with Gasteiger partial charge in [0.05, 0.1) is 11.4 Å². The Morgan fingerprint density at radius 2 is 1.80 bits per heavy atom. The van der Waals surface area contributed by atoms with Crippen molar-refractivity contribution in [2.24, 2.45) is 0 Å². The first-order valence-corrected chi connectivity index (χ1v) is 16.1. The van der Waals surface area contributed by atoms with Crippen LogP contribution in [0, 0.1) is 6.92 Å². The Morgan fingerprint density at radius 3 is 2.61 bits per heavy atom. The van der Waals surface area contributed by atoms with E-state index in [0.29, 0.717) is 12.5 Å². The second-order valence-electron chi connectivity index (χ2n) is 12.3. The highest BCUT2D eigenvalue weighted by atomic mass is 16.5. The summed E-state index contributed by atoms with van der Waals surface area (Å²) in [6, 6.07) is 23.0. The van der Waals surface area contributed by atoms with Crippen LogP contribution in [0.2, 0.25) is 0 Å². The summed E-state index contributed by atoms with van der Waals surface area (Å²) in [5.41, 5.74) is 7.23. The van der Waals surface area contributed by atoms with Crippen LogP contribution in [-0.4, -0.2) is 52.8 Å². The number of para-hydroxylation sites is 1. The standard InChI is InChI=1S/C37H36N8O/c1-25-20-34-38-22-30-21-32(27-8-4-2-5-9-27)35(40-37(30)45(34)43-25)28-14-12-26(13-15-28)23-44-18-16-29(17-19-44)36-39-33(41-42-36)24-46-31-10-6-3-7-11-31/h2-8,10-15,20-22,27,29H,9,16-19,23-24H2,1H3,(H,39,41,42). The largest absolute Gasteiger partial charge is 0.486 e. The number of allylic oxidation sites excluding steroid dienone is 4. The van der Waals surface area contributed by atoms with Crippen LogP contribution < -0.4 is 4.74 Å². The number of likely N-dealkylation sites (tertiary alicyclic amines) is 1. The molecule has 230 valence electrons. The summed E-state index contributed by atoms with van der Waals surface area (Å²) in [5, 5.41) is 13.3. The number of hydrogen-bond donors (Lipinski definition) is 1. The predicted molar refractivity (Wildman–Crippen MR) is 179 cm³/mol. The van der Waals surface area contributed by atoms with Gasteiger partial charge in [-0.15, -0.1) is 0 Å². The Hall–Kier alpha value is -5.15. The maximum atomic E-state index is 5.83. The highest BCUT2D eigenvalue weighted by Crippen LogP contribution is 2.35. The smallest absolute Gasteiger partial charge is 0.165 e. The van der Waals surface area contributed by atoms with E-state index in [4.69, 9.17) is 14.7 Å². The maximum Gasteiger partial charge on any atom is 0.165 e. The molecule has 6 aromatic rings. The van der Waals surface area contributed by atoms with E-state index in [-0.39, 0.29) is 5.92 Å². The molecular formula is C37H36N8O. The van der Waals surface area contributed by atoms with Gasteiger partial charge in [0.2, 0.25) is 0 Å². The van der Waals surface area contributed by atoms with Gasteiger partial charge in [-0.1, -0.05) is 66.8 Å². The highest BCUT2D eigenvalue weighted by molar-refractivity contribution is 5.82. The van der Waals surface area contributed by atoms with Crippen molar-refractivity contribution in [1.29, 1.82) is 0 Å². The summed E-state index contributed by atoms with van der Waals surface area (Å²) in [7, 11) is 0. The number of aryl methyl sites for hydroxylation is 1. The summed E-state index contributed by atoms with van der Waals surface area (Å²) in [6.45, 7) is 5.33. The first-order valence-electron chi connectivity index (χ1n) is 16.1. The van der Waals surface area contributed by atoms with Gasteiger partial charge in [-0.2, -0.15) is 14.7 Å². The molecule has 2 aliphatic rings. The van der Waals surface area contributed by atoms with Gasteiger partial charge >= 0.3 is 0 Å². The molecule has 1 N–H and O–H groups in total. The minimum absolute atomic E-state index is 0.268. The number of pyridine rings is 1. The number of aromatic amines is 1. The van der Waals surface area contributed by atoms with Crippen LogP contribution in [0.1, 0.15) is 59.6 Å².